The molecule has 0 aromatic rings. The molecule has 3 atom stereocenters. The van der Waals surface area contributed by atoms with Crippen molar-refractivity contribution in [1.82, 2.24) is 10.6 Å². The monoisotopic (exact) mass is 270 g/mol. The van der Waals surface area contributed by atoms with E-state index in [1.165, 1.54) is 12.8 Å². The van der Waals surface area contributed by atoms with Crippen LogP contribution in [0.4, 0.5) is 4.79 Å². The summed E-state index contributed by atoms with van der Waals surface area (Å²) in [5.74, 6) is 0.683. The van der Waals surface area contributed by atoms with E-state index >= 15 is 0 Å². The van der Waals surface area contributed by atoms with Crippen LogP contribution in [0, 0.1) is 5.92 Å². The molecule has 4 nitrogen and oxygen atoms in total. The summed E-state index contributed by atoms with van der Waals surface area (Å²) < 4.78 is 5.32. The molecule has 1 amide bonds. The molecular weight excluding hydrogens is 240 g/mol. The van der Waals surface area contributed by atoms with Crippen LogP contribution in [0.2, 0.25) is 0 Å². The third kappa shape index (κ3) is 6.28. The topological polar surface area (TPSA) is 50.4 Å². The fourth-order valence-corrected chi connectivity index (χ4v) is 2.33. The lowest BCUT2D eigenvalue weighted by Crippen LogP contribution is -2.48. The van der Waals surface area contributed by atoms with Crippen molar-refractivity contribution in [2.24, 2.45) is 5.92 Å². The molecule has 0 bridgehead atoms. The number of carbonyl (C=O) groups excluding carboxylic acids is 1. The Kier molecular flexibility index (Phi) is 6.11. The first-order chi connectivity index (χ1) is 8.81. The van der Waals surface area contributed by atoms with Crippen LogP contribution in [-0.2, 0) is 4.74 Å². The quantitative estimate of drug-likeness (QED) is 0.807. The Morgan fingerprint density at radius 2 is 1.95 bits per heavy atom. The van der Waals surface area contributed by atoms with E-state index < -0.39 is 5.60 Å². The van der Waals surface area contributed by atoms with Gasteiger partial charge in [0, 0.05) is 12.1 Å². The Morgan fingerprint density at radius 3 is 2.53 bits per heavy atom. The fourth-order valence-electron chi connectivity index (χ4n) is 2.33. The van der Waals surface area contributed by atoms with Gasteiger partial charge in [0.25, 0.3) is 0 Å². The average molecular weight is 270 g/mol. The van der Waals surface area contributed by atoms with Crippen LogP contribution >= 0.6 is 0 Å². The Bertz CT molecular complexity index is 286. The molecule has 0 saturated heterocycles. The largest absolute Gasteiger partial charge is 0.444 e. The van der Waals surface area contributed by atoms with Gasteiger partial charge in [-0.25, -0.2) is 4.79 Å². The Balaban J connectivity index is 2.37. The molecule has 1 fully saturated rings. The number of carbonyl (C=O) groups is 1. The molecule has 1 aliphatic carbocycles. The van der Waals surface area contributed by atoms with E-state index in [9.17, 15) is 4.79 Å². The Morgan fingerprint density at radius 1 is 1.32 bits per heavy atom. The van der Waals surface area contributed by atoms with Crippen LogP contribution in [-0.4, -0.2) is 30.3 Å². The van der Waals surface area contributed by atoms with E-state index in [4.69, 9.17) is 4.74 Å². The van der Waals surface area contributed by atoms with E-state index in [2.05, 4.69) is 24.5 Å². The third-order valence-electron chi connectivity index (χ3n) is 3.64. The highest BCUT2D eigenvalue weighted by Crippen LogP contribution is 2.20. The summed E-state index contributed by atoms with van der Waals surface area (Å²) in [6.45, 7) is 11.1. The van der Waals surface area contributed by atoms with E-state index in [1.807, 2.05) is 20.8 Å². The highest BCUT2D eigenvalue weighted by molar-refractivity contribution is 5.68. The first-order valence-corrected chi connectivity index (χ1v) is 7.54. The van der Waals surface area contributed by atoms with Crippen LogP contribution in [0.15, 0.2) is 0 Å². The second-order valence-electron chi connectivity index (χ2n) is 6.71. The van der Waals surface area contributed by atoms with Gasteiger partial charge in [0.05, 0.1) is 0 Å². The summed E-state index contributed by atoms with van der Waals surface area (Å²) in [4.78, 5) is 11.8. The van der Waals surface area contributed by atoms with Crippen LogP contribution in [0.5, 0.6) is 0 Å². The predicted molar refractivity (Wildman–Crippen MR) is 78.3 cm³/mol. The molecule has 112 valence electrons. The maximum Gasteiger partial charge on any atom is 0.407 e. The highest BCUT2D eigenvalue weighted by atomic mass is 16.6. The van der Waals surface area contributed by atoms with Gasteiger partial charge in [0.2, 0.25) is 0 Å². The summed E-state index contributed by atoms with van der Waals surface area (Å²) >= 11 is 0. The van der Waals surface area contributed by atoms with Crippen molar-refractivity contribution < 1.29 is 9.53 Å². The zero-order valence-corrected chi connectivity index (χ0v) is 13.1. The normalized spacial score (nSPS) is 25.1. The molecule has 1 rings (SSSR count). The summed E-state index contributed by atoms with van der Waals surface area (Å²) in [5.41, 5.74) is -0.428. The Hall–Kier alpha value is -0.770. The van der Waals surface area contributed by atoms with Crippen molar-refractivity contribution in [1.29, 1.82) is 0 Å². The average Bonchev–Trinajstić information content (AvgIpc) is 2.70. The predicted octanol–water partition coefficient (Wildman–Crippen LogP) is 3.07. The van der Waals surface area contributed by atoms with Crippen molar-refractivity contribution in [2.45, 2.75) is 78.0 Å². The molecule has 2 N–H and O–H groups in total. The SMILES string of the molecule is CCC(C)CNC1CCCC1NC(=O)OC(C)(C)C. The molecule has 19 heavy (non-hydrogen) atoms. The number of alkyl carbamates (subject to hydrolysis) is 1. The van der Waals surface area contributed by atoms with Gasteiger partial charge < -0.3 is 15.4 Å². The minimum Gasteiger partial charge on any atom is -0.444 e. The molecule has 0 radical (unpaired) electrons. The minimum atomic E-state index is -0.428. The number of nitrogens with one attached hydrogen (secondary N) is 2. The molecule has 3 unspecified atom stereocenters. The fraction of sp³-hybridized carbons (Fsp3) is 0.933. The van der Waals surface area contributed by atoms with Gasteiger partial charge in [-0.2, -0.15) is 0 Å². The summed E-state index contributed by atoms with van der Waals surface area (Å²) in [6.07, 6.45) is 4.23. The lowest BCUT2D eigenvalue weighted by molar-refractivity contribution is 0.0498. The lowest BCUT2D eigenvalue weighted by Gasteiger charge is -2.26. The summed E-state index contributed by atoms with van der Waals surface area (Å²) in [7, 11) is 0. The van der Waals surface area contributed by atoms with Crippen molar-refractivity contribution in [3.63, 3.8) is 0 Å². The number of hydrogen-bond acceptors (Lipinski definition) is 3. The zero-order chi connectivity index (χ0) is 14.5. The molecule has 1 saturated carbocycles. The molecule has 0 heterocycles. The minimum absolute atomic E-state index is 0.207. The van der Waals surface area contributed by atoms with E-state index in [0.717, 1.165) is 19.4 Å². The molecule has 0 spiro atoms. The van der Waals surface area contributed by atoms with Gasteiger partial charge in [-0.05, 0) is 52.5 Å². The maximum atomic E-state index is 11.8. The standard InChI is InChI=1S/C15H30N2O2/c1-6-11(2)10-16-12-8-7-9-13(12)17-14(18)19-15(3,4)5/h11-13,16H,6-10H2,1-5H3,(H,17,18). The molecule has 0 aromatic carbocycles. The molecule has 1 aliphatic rings. The van der Waals surface area contributed by atoms with Gasteiger partial charge in [-0.3, -0.25) is 0 Å². The second kappa shape index (κ2) is 7.13. The zero-order valence-electron chi connectivity index (χ0n) is 13.1. The third-order valence-corrected chi connectivity index (χ3v) is 3.64. The van der Waals surface area contributed by atoms with E-state index in [0.29, 0.717) is 12.0 Å². The van der Waals surface area contributed by atoms with Gasteiger partial charge in [-0.1, -0.05) is 20.3 Å². The molecule has 4 heteroatoms. The summed E-state index contributed by atoms with van der Waals surface area (Å²) in [6, 6.07) is 0.598. The van der Waals surface area contributed by atoms with Crippen LogP contribution in [0.1, 0.15) is 60.3 Å². The van der Waals surface area contributed by atoms with Crippen molar-refractivity contribution >= 4 is 6.09 Å². The smallest absolute Gasteiger partial charge is 0.407 e. The highest BCUT2D eigenvalue weighted by Gasteiger charge is 2.29. The first-order valence-electron chi connectivity index (χ1n) is 7.54. The molecular formula is C15H30N2O2. The lowest BCUT2D eigenvalue weighted by atomic mass is 10.1. The van der Waals surface area contributed by atoms with Crippen molar-refractivity contribution in [2.75, 3.05) is 6.54 Å². The number of rotatable bonds is 5. The number of amides is 1. The molecule has 0 aliphatic heterocycles. The van der Waals surface area contributed by atoms with E-state index in [1.54, 1.807) is 0 Å². The number of ether oxygens (including phenoxy) is 1. The Labute approximate surface area is 117 Å². The van der Waals surface area contributed by atoms with Crippen LogP contribution < -0.4 is 10.6 Å². The molecule has 0 aromatic heterocycles. The van der Waals surface area contributed by atoms with Gasteiger partial charge in [-0.15, -0.1) is 0 Å². The van der Waals surface area contributed by atoms with Gasteiger partial charge >= 0.3 is 6.09 Å². The van der Waals surface area contributed by atoms with E-state index in [-0.39, 0.29) is 12.1 Å². The maximum absolute atomic E-state index is 11.8. The van der Waals surface area contributed by atoms with Crippen molar-refractivity contribution in [3.05, 3.63) is 0 Å². The van der Waals surface area contributed by atoms with Gasteiger partial charge in [0.1, 0.15) is 5.60 Å². The summed E-state index contributed by atoms with van der Waals surface area (Å²) in [5, 5.41) is 6.58. The van der Waals surface area contributed by atoms with Crippen molar-refractivity contribution in [3.8, 4) is 0 Å². The second-order valence-corrected chi connectivity index (χ2v) is 6.71. The van der Waals surface area contributed by atoms with Crippen LogP contribution in [0.25, 0.3) is 0 Å². The number of hydrogen-bond donors (Lipinski definition) is 2. The first kappa shape index (κ1) is 16.3. The van der Waals surface area contributed by atoms with Gasteiger partial charge in [0.15, 0.2) is 0 Å². The van der Waals surface area contributed by atoms with Crippen LogP contribution in [0.3, 0.4) is 0 Å².